The second-order valence-electron chi connectivity index (χ2n) is 6.05. The van der Waals surface area contributed by atoms with Gasteiger partial charge in [0.15, 0.2) is 0 Å². The van der Waals surface area contributed by atoms with Gasteiger partial charge in [-0.1, -0.05) is 30.5 Å². The van der Waals surface area contributed by atoms with Gasteiger partial charge in [-0.05, 0) is 48.8 Å². The molecule has 0 radical (unpaired) electrons. The van der Waals surface area contributed by atoms with Gasteiger partial charge in [-0.3, -0.25) is 0 Å². The number of ether oxygens (including phenoxy) is 1. The van der Waals surface area contributed by atoms with Crippen molar-refractivity contribution in [3.05, 3.63) is 28.3 Å². The van der Waals surface area contributed by atoms with Crippen LogP contribution in [0, 0.1) is 0 Å². The molecule has 0 aromatic heterocycles. The normalized spacial score (nSPS) is 21.6. The van der Waals surface area contributed by atoms with Crippen LogP contribution in [0.5, 0.6) is 5.75 Å². The van der Waals surface area contributed by atoms with E-state index in [2.05, 4.69) is 12.1 Å². The van der Waals surface area contributed by atoms with Gasteiger partial charge >= 0.3 is 0 Å². The highest BCUT2D eigenvalue weighted by Gasteiger charge is 2.43. The maximum atomic E-state index is 6.44. The van der Waals surface area contributed by atoms with Gasteiger partial charge in [0.1, 0.15) is 5.75 Å². The summed E-state index contributed by atoms with van der Waals surface area (Å²) in [6, 6.07) is 4.39. The Kier molecular flexibility index (Phi) is 3.48. The summed E-state index contributed by atoms with van der Waals surface area (Å²) in [5.41, 5.74) is 8.78. The maximum Gasteiger partial charge on any atom is 0.140 e. The van der Waals surface area contributed by atoms with Crippen molar-refractivity contribution in [2.24, 2.45) is 5.73 Å². The van der Waals surface area contributed by atoms with Crippen LogP contribution < -0.4 is 10.5 Å². The first kappa shape index (κ1) is 13.3. The largest absolute Gasteiger partial charge is 0.495 e. The minimum atomic E-state index is 0.198. The van der Waals surface area contributed by atoms with Crippen LogP contribution >= 0.6 is 11.6 Å². The van der Waals surface area contributed by atoms with Crippen molar-refractivity contribution in [3.63, 3.8) is 0 Å². The van der Waals surface area contributed by atoms with E-state index in [0.29, 0.717) is 5.92 Å². The first-order valence-electron chi connectivity index (χ1n) is 7.28. The highest BCUT2D eigenvalue weighted by atomic mass is 35.5. The van der Waals surface area contributed by atoms with E-state index < -0.39 is 0 Å². The molecule has 2 aliphatic rings. The van der Waals surface area contributed by atoms with Crippen molar-refractivity contribution in [2.45, 2.75) is 49.9 Å². The van der Waals surface area contributed by atoms with E-state index in [0.717, 1.165) is 17.3 Å². The first-order chi connectivity index (χ1) is 9.20. The van der Waals surface area contributed by atoms with E-state index in [1.54, 1.807) is 7.11 Å². The predicted octanol–water partition coefficient (Wildman–Crippen LogP) is 4.00. The molecule has 1 aromatic rings. The van der Waals surface area contributed by atoms with Gasteiger partial charge in [-0.2, -0.15) is 0 Å². The smallest absolute Gasteiger partial charge is 0.140 e. The Labute approximate surface area is 120 Å². The van der Waals surface area contributed by atoms with Crippen LogP contribution in [0.4, 0.5) is 0 Å². The zero-order valence-corrected chi connectivity index (χ0v) is 12.3. The fourth-order valence-electron chi connectivity index (χ4n) is 3.44. The number of benzene rings is 1. The van der Waals surface area contributed by atoms with Gasteiger partial charge in [-0.25, -0.2) is 0 Å². The summed E-state index contributed by atoms with van der Waals surface area (Å²) in [5, 5.41) is 0.752. The van der Waals surface area contributed by atoms with Gasteiger partial charge in [0.2, 0.25) is 0 Å². The van der Waals surface area contributed by atoms with Crippen LogP contribution in [0.15, 0.2) is 12.1 Å². The van der Waals surface area contributed by atoms with Crippen LogP contribution in [0.25, 0.3) is 0 Å². The molecule has 0 unspecified atom stereocenters. The molecule has 3 heteroatoms. The topological polar surface area (TPSA) is 35.2 Å². The number of nitrogens with two attached hydrogens (primary N) is 1. The highest BCUT2D eigenvalue weighted by Crippen LogP contribution is 2.51. The zero-order chi connectivity index (χ0) is 13.5. The highest BCUT2D eigenvalue weighted by molar-refractivity contribution is 6.32. The molecule has 0 saturated heterocycles. The summed E-state index contributed by atoms with van der Waals surface area (Å²) in [6.45, 7) is 0.722. The van der Waals surface area contributed by atoms with E-state index in [-0.39, 0.29) is 5.41 Å². The molecule has 0 spiro atoms. The lowest BCUT2D eigenvalue weighted by atomic mass is 9.89. The SMILES string of the molecule is COc1c(Cl)cc(C2(CN)CC2)cc1C1CCCC1. The third-order valence-corrected chi connectivity index (χ3v) is 5.21. The monoisotopic (exact) mass is 279 g/mol. The molecule has 2 nitrogen and oxygen atoms in total. The summed E-state index contributed by atoms with van der Waals surface area (Å²) in [5.74, 6) is 1.49. The Bertz CT molecular complexity index is 476. The molecule has 2 N–H and O–H groups in total. The van der Waals surface area contributed by atoms with E-state index in [9.17, 15) is 0 Å². The van der Waals surface area contributed by atoms with E-state index in [4.69, 9.17) is 22.1 Å². The van der Waals surface area contributed by atoms with Gasteiger partial charge in [0.05, 0.1) is 12.1 Å². The van der Waals surface area contributed by atoms with Gasteiger partial charge in [0.25, 0.3) is 0 Å². The standard InChI is InChI=1S/C16H22ClNO/c1-19-15-13(11-4-2-3-5-11)8-12(9-14(15)17)16(10-18)6-7-16/h8-9,11H,2-7,10,18H2,1H3. The Morgan fingerprint density at radius 1 is 1.32 bits per heavy atom. The van der Waals surface area contributed by atoms with Gasteiger partial charge in [0, 0.05) is 12.0 Å². The fraction of sp³-hybridized carbons (Fsp3) is 0.625. The van der Waals surface area contributed by atoms with Crippen molar-refractivity contribution in [1.29, 1.82) is 0 Å². The van der Waals surface area contributed by atoms with Crippen LogP contribution in [-0.4, -0.2) is 13.7 Å². The lowest BCUT2D eigenvalue weighted by Crippen LogP contribution is -2.20. The molecular weight excluding hydrogens is 258 g/mol. The third kappa shape index (κ3) is 2.25. The lowest BCUT2D eigenvalue weighted by Gasteiger charge is -2.21. The molecule has 0 heterocycles. The quantitative estimate of drug-likeness (QED) is 0.904. The predicted molar refractivity (Wildman–Crippen MR) is 79.2 cm³/mol. The average molecular weight is 280 g/mol. The number of halogens is 1. The Hall–Kier alpha value is -0.730. The lowest BCUT2D eigenvalue weighted by molar-refractivity contribution is 0.405. The number of methoxy groups -OCH3 is 1. The average Bonchev–Trinajstić information content (AvgIpc) is 3.04. The van der Waals surface area contributed by atoms with Crippen LogP contribution in [0.2, 0.25) is 5.02 Å². The number of hydrogen-bond donors (Lipinski definition) is 1. The zero-order valence-electron chi connectivity index (χ0n) is 11.5. The third-order valence-electron chi connectivity index (χ3n) is 4.93. The summed E-state index contributed by atoms with van der Waals surface area (Å²) < 4.78 is 5.55. The summed E-state index contributed by atoms with van der Waals surface area (Å²) in [7, 11) is 1.72. The van der Waals surface area contributed by atoms with E-state index in [1.165, 1.54) is 49.7 Å². The molecule has 104 valence electrons. The van der Waals surface area contributed by atoms with Crippen LogP contribution in [0.1, 0.15) is 55.6 Å². The molecule has 0 aliphatic heterocycles. The fourth-order valence-corrected chi connectivity index (χ4v) is 3.74. The molecule has 0 atom stereocenters. The van der Waals surface area contributed by atoms with Crippen molar-refractivity contribution < 1.29 is 4.74 Å². The van der Waals surface area contributed by atoms with Crippen molar-refractivity contribution in [1.82, 2.24) is 0 Å². The van der Waals surface area contributed by atoms with E-state index >= 15 is 0 Å². The summed E-state index contributed by atoms with van der Waals surface area (Å²) in [4.78, 5) is 0. The molecule has 3 rings (SSSR count). The number of hydrogen-bond acceptors (Lipinski definition) is 2. The van der Waals surface area contributed by atoms with Crippen molar-refractivity contribution >= 4 is 11.6 Å². The second-order valence-corrected chi connectivity index (χ2v) is 6.45. The molecule has 2 fully saturated rings. The molecule has 0 bridgehead atoms. The molecule has 0 amide bonds. The Morgan fingerprint density at radius 3 is 2.53 bits per heavy atom. The first-order valence-corrected chi connectivity index (χ1v) is 7.66. The summed E-state index contributed by atoms with van der Waals surface area (Å²) >= 11 is 6.44. The number of rotatable bonds is 4. The minimum Gasteiger partial charge on any atom is -0.495 e. The van der Waals surface area contributed by atoms with Gasteiger partial charge in [-0.15, -0.1) is 0 Å². The van der Waals surface area contributed by atoms with Crippen molar-refractivity contribution in [2.75, 3.05) is 13.7 Å². The second kappa shape index (κ2) is 4.99. The minimum absolute atomic E-state index is 0.198. The molecule has 1 aromatic carbocycles. The van der Waals surface area contributed by atoms with Crippen molar-refractivity contribution in [3.8, 4) is 5.75 Å². The Morgan fingerprint density at radius 2 is 2.00 bits per heavy atom. The van der Waals surface area contributed by atoms with Crippen LogP contribution in [-0.2, 0) is 5.41 Å². The molecule has 2 aliphatic carbocycles. The molecule has 2 saturated carbocycles. The molecular formula is C16H22ClNO. The van der Waals surface area contributed by atoms with Crippen LogP contribution in [0.3, 0.4) is 0 Å². The maximum absolute atomic E-state index is 6.44. The molecule has 19 heavy (non-hydrogen) atoms. The van der Waals surface area contributed by atoms with E-state index in [1.807, 2.05) is 0 Å². The van der Waals surface area contributed by atoms with Gasteiger partial charge < -0.3 is 10.5 Å². The summed E-state index contributed by atoms with van der Waals surface area (Å²) in [6.07, 6.45) is 7.53. The Balaban J connectivity index is 2.04.